The fourth-order valence-corrected chi connectivity index (χ4v) is 4.24. The minimum absolute atomic E-state index is 0. The Morgan fingerprint density at radius 2 is 2.04 bits per heavy atom. The molecule has 0 bridgehead atoms. The number of amides is 1. The van der Waals surface area contributed by atoms with Crippen LogP contribution in [0.2, 0.25) is 0 Å². The fourth-order valence-electron chi connectivity index (χ4n) is 3.38. The van der Waals surface area contributed by atoms with E-state index >= 15 is 0 Å². The average Bonchev–Trinajstić information content (AvgIpc) is 3.27. The van der Waals surface area contributed by atoms with E-state index in [2.05, 4.69) is 27.5 Å². The van der Waals surface area contributed by atoms with Crippen LogP contribution < -0.4 is 10.6 Å². The van der Waals surface area contributed by atoms with Gasteiger partial charge in [0.1, 0.15) is 0 Å². The Balaban J connectivity index is 0.00000338. The largest absolute Gasteiger partial charge is 0.356 e. The van der Waals surface area contributed by atoms with Gasteiger partial charge in [0.15, 0.2) is 5.96 Å². The minimum Gasteiger partial charge on any atom is -0.356 e. The van der Waals surface area contributed by atoms with E-state index in [-0.39, 0.29) is 35.3 Å². The van der Waals surface area contributed by atoms with Crippen LogP contribution >= 0.6 is 35.3 Å². The lowest BCUT2D eigenvalue weighted by molar-refractivity contribution is -0.138. The van der Waals surface area contributed by atoms with Gasteiger partial charge in [-0.05, 0) is 19.3 Å². The van der Waals surface area contributed by atoms with Crippen LogP contribution in [0, 0.1) is 5.41 Å². The highest BCUT2D eigenvalue weighted by molar-refractivity contribution is 14.0. The van der Waals surface area contributed by atoms with Gasteiger partial charge in [-0.15, -0.1) is 35.3 Å². The second-order valence-corrected chi connectivity index (χ2v) is 8.06. The van der Waals surface area contributed by atoms with Crippen LogP contribution in [0.4, 0.5) is 0 Å². The van der Waals surface area contributed by atoms with E-state index in [1.54, 1.807) is 23.3 Å². The first-order chi connectivity index (χ1) is 12.0. The lowest BCUT2D eigenvalue weighted by atomic mass is 9.84. The van der Waals surface area contributed by atoms with Crippen LogP contribution in [0.15, 0.2) is 11.2 Å². The molecule has 1 saturated carbocycles. The zero-order chi connectivity index (χ0) is 18.3. The first kappa shape index (κ1) is 23.1. The number of hydrogen-bond donors (Lipinski definition) is 2. The van der Waals surface area contributed by atoms with Crippen molar-refractivity contribution in [3.8, 4) is 0 Å². The van der Waals surface area contributed by atoms with E-state index < -0.39 is 0 Å². The maximum atomic E-state index is 12.6. The molecule has 1 aromatic rings. The van der Waals surface area contributed by atoms with Gasteiger partial charge in [0.2, 0.25) is 5.91 Å². The van der Waals surface area contributed by atoms with Crippen molar-refractivity contribution in [2.24, 2.45) is 10.4 Å². The summed E-state index contributed by atoms with van der Waals surface area (Å²) in [6.07, 6.45) is 8.03. The second-order valence-electron chi connectivity index (χ2n) is 6.86. The van der Waals surface area contributed by atoms with Crippen LogP contribution in [0.5, 0.6) is 0 Å². The van der Waals surface area contributed by atoms with Crippen LogP contribution in [0.25, 0.3) is 0 Å². The van der Waals surface area contributed by atoms with E-state index in [0.717, 1.165) is 56.0 Å². The number of aromatic nitrogens is 1. The molecule has 6 nitrogen and oxygen atoms in total. The number of nitrogens with one attached hydrogen (secondary N) is 2. The first-order valence-electron chi connectivity index (χ1n) is 9.10. The molecule has 1 heterocycles. The van der Waals surface area contributed by atoms with Gasteiger partial charge in [0.25, 0.3) is 0 Å². The highest BCUT2D eigenvalue weighted by Crippen LogP contribution is 2.38. The molecule has 1 fully saturated rings. The van der Waals surface area contributed by atoms with Gasteiger partial charge in [0, 0.05) is 51.7 Å². The smallest absolute Gasteiger partial charge is 0.230 e. The van der Waals surface area contributed by atoms with Gasteiger partial charge in [-0.2, -0.15) is 0 Å². The number of hydrogen-bond acceptors (Lipinski definition) is 4. The van der Waals surface area contributed by atoms with E-state index in [0.29, 0.717) is 6.54 Å². The zero-order valence-electron chi connectivity index (χ0n) is 16.3. The molecule has 0 aromatic carbocycles. The van der Waals surface area contributed by atoms with Gasteiger partial charge in [0.05, 0.1) is 10.4 Å². The van der Waals surface area contributed by atoms with Crippen LogP contribution in [0.3, 0.4) is 0 Å². The normalized spacial score (nSPS) is 16.1. The molecule has 0 saturated heterocycles. The molecule has 1 aliphatic rings. The molecule has 8 heteroatoms. The minimum atomic E-state index is -0.285. The third kappa shape index (κ3) is 6.07. The number of aliphatic imine (C=N–C) groups is 1. The van der Waals surface area contributed by atoms with Gasteiger partial charge in [-0.1, -0.05) is 19.8 Å². The van der Waals surface area contributed by atoms with Crippen molar-refractivity contribution in [1.82, 2.24) is 20.5 Å². The summed E-state index contributed by atoms with van der Waals surface area (Å²) in [7, 11) is 5.45. The fraction of sp³-hybridized carbons (Fsp3) is 0.722. The molecule has 2 rings (SSSR count). The molecule has 1 amide bonds. The van der Waals surface area contributed by atoms with Gasteiger partial charge in [-0.25, -0.2) is 4.98 Å². The molecule has 2 N–H and O–H groups in total. The van der Waals surface area contributed by atoms with Crippen LogP contribution in [-0.2, 0) is 17.6 Å². The van der Waals surface area contributed by atoms with Crippen LogP contribution in [-0.4, -0.2) is 56.0 Å². The Morgan fingerprint density at radius 3 is 2.58 bits per heavy atom. The van der Waals surface area contributed by atoms with Crippen molar-refractivity contribution < 1.29 is 4.79 Å². The summed E-state index contributed by atoms with van der Waals surface area (Å²) in [5.41, 5.74) is -0.285. The number of carbonyl (C=O) groups excluding carboxylic acids is 1. The van der Waals surface area contributed by atoms with E-state index in [4.69, 9.17) is 0 Å². The molecular formula is C18H32IN5OS. The Morgan fingerprint density at radius 1 is 1.35 bits per heavy atom. The summed E-state index contributed by atoms with van der Waals surface area (Å²) in [5, 5.41) is 7.85. The maximum absolute atomic E-state index is 12.6. The molecule has 0 spiro atoms. The van der Waals surface area contributed by atoms with Crippen molar-refractivity contribution in [3.05, 3.63) is 16.1 Å². The Bertz CT molecular complexity index is 596. The molecule has 1 aliphatic carbocycles. The number of aryl methyl sites for hydroxylation is 1. The van der Waals surface area contributed by atoms with Crippen LogP contribution in [0.1, 0.15) is 42.5 Å². The van der Waals surface area contributed by atoms with E-state index in [1.807, 2.05) is 20.3 Å². The molecule has 0 unspecified atom stereocenters. The van der Waals surface area contributed by atoms with Crippen molar-refractivity contribution >= 4 is 47.2 Å². The van der Waals surface area contributed by atoms with Gasteiger partial charge < -0.3 is 15.5 Å². The van der Waals surface area contributed by atoms with Gasteiger partial charge in [-0.3, -0.25) is 9.79 Å². The molecule has 148 valence electrons. The summed E-state index contributed by atoms with van der Waals surface area (Å²) in [6, 6.07) is 0. The lowest BCUT2D eigenvalue weighted by Crippen LogP contribution is -2.49. The number of rotatable bonds is 7. The topological polar surface area (TPSA) is 69.6 Å². The standard InChI is InChI=1S/C18H31N5OS.HI/c1-5-14-12-21-15(25-14)8-11-20-17(19-2)22-13-18(9-6-7-10-18)16(24)23(3)4;/h12H,5-11,13H2,1-4H3,(H2,19,20,22);1H. The maximum Gasteiger partial charge on any atom is 0.230 e. The van der Waals surface area contributed by atoms with Crippen molar-refractivity contribution in [2.75, 3.05) is 34.2 Å². The highest BCUT2D eigenvalue weighted by atomic mass is 127. The predicted octanol–water partition coefficient (Wildman–Crippen LogP) is 2.68. The number of guanidine groups is 1. The van der Waals surface area contributed by atoms with Crippen molar-refractivity contribution in [2.45, 2.75) is 45.4 Å². The number of nitrogens with zero attached hydrogens (tertiary/aromatic N) is 3. The Labute approximate surface area is 178 Å². The summed E-state index contributed by atoms with van der Waals surface area (Å²) in [6.45, 7) is 3.57. The second kappa shape index (κ2) is 11.1. The molecule has 0 aliphatic heterocycles. The Kier molecular flexibility index (Phi) is 9.84. The third-order valence-corrected chi connectivity index (χ3v) is 6.02. The predicted molar refractivity (Wildman–Crippen MR) is 120 cm³/mol. The summed E-state index contributed by atoms with van der Waals surface area (Å²) < 4.78 is 0. The number of thiazole rings is 1. The number of halogens is 1. The molecular weight excluding hydrogens is 461 g/mol. The Hall–Kier alpha value is -0.900. The van der Waals surface area contributed by atoms with E-state index in [1.165, 1.54) is 4.88 Å². The van der Waals surface area contributed by atoms with Gasteiger partial charge >= 0.3 is 0 Å². The summed E-state index contributed by atoms with van der Waals surface area (Å²) in [5.74, 6) is 0.980. The van der Waals surface area contributed by atoms with Crippen molar-refractivity contribution in [1.29, 1.82) is 0 Å². The monoisotopic (exact) mass is 493 g/mol. The first-order valence-corrected chi connectivity index (χ1v) is 9.92. The zero-order valence-corrected chi connectivity index (χ0v) is 19.4. The molecule has 26 heavy (non-hydrogen) atoms. The molecule has 0 atom stereocenters. The molecule has 0 radical (unpaired) electrons. The quantitative estimate of drug-likeness (QED) is 0.348. The highest BCUT2D eigenvalue weighted by Gasteiger charge is 2.42. The third-order valence-electron chi connectivity index (χ3n) is 4.82. The summed E-state index contributed by atoms with van der Waals surface area (Å²) in [4.78, 5) is 24.4. The lowest BCUT2D eigenvalue weighted by Gasteiger charge is -2.31. The number of carbonyl (C=O) groups is 1. The van der Waals surface area contributed by atoms with E-state index in [9.17, 15) is 4.79 Å². The SMILES string of the molecule is CCc1cnc(CCNC(=NC)NCC2(C(=O)N(C)C)CCCC2)s1.I. The average molecular weight is 493 g/mol. The van der Waals surface area contributed by atoms with Crippen molar-refractivity contribution in [3.63, 3.8) is 0 Å². The summed E-state index contributed by atoms with van der Waals surface area (Å²) >= 11 is 1.77. The molecule has 1 aromatic heterocycles.